The third-order valence-corrected chi connectivity index (χ3v) is 8.09. The molecule has 0 bridgehead atoms. The van der Waals surface area contributed by atoms with Crippen molar-refractivity contribution in [2.75, 3.05) is 6.61 Å². The zero-order chi connectivity index (χ0) is 29.0. The average Bonchev–Trinajstić information content (AvgIpc) is 3.64. The van der Waals surface area contributed by atoms with Crippen molar-refractivity contribution in [1.29, 1.82) is 0 Å². The largest absolute Gasteiger partial charge is 0.386 e. The molecule has 2 atom stereocenters. The summed E-state index contributed by atoms with van der Waals surface area (Å²) < 4.78 is 16.2. The molecule has 0 radical (unpaired) electrons. The summed E-state index contributed by atoms with van der Waals surface area (Å²) in [4.78, 5) is 43.8. The third kappa shape index (κ3) is 4.76. The van der Waals surface area contributed by atoms with E-state index in [0.29, 0.717) is 34.1 Å². The molecule has 1 fully saturated rings. The smallest absolute Gasteiger partial charge is 0.257 e. The van der Waals surface area contributed by atoms with Gasteiger partial charge in [0.1, 0.15) is 5.82 Å². The minimum Gasteiger partial charge on any atom is -0.386 e. The van der Waals surface area contributed by atoms with Crippen LogP contribution in [0.1, 0.15) is 72.4 Å². The Hall–Kier alpha value is -3.08. The second-order valence-corrected chi connectivity index (χ2v) is 11.7. The Balaban J connectivity index is 1.73. The first-order valence-electron chi connectivity index (χ1n) is 12.7. The highest BCUT2D eigenvalue weighted by Gasteiger charge is 2.58. The molecular weight excluding hydrogens is 560 g/mol. The van der Waals surface area contributed by atoms with Crippen LogP contribution in [0.3, 0.4) is 0 Å². The van der Waals surface area contributed by atoms with E-state index in [2.05, 4.69) is 4.98 Å². The van der Waals surface area contributed by atoms with Crippen molar-refractivity contribution in [3.63, 3.8) is 0 Å². The number of hydrogen-bond acceptors (Lipinski definition) is 6. The van der Waals surface area contributed by atoms with E-state index in [1.165, 1.54) is 37.1 Å². The van der Waals surface area contributed by atoms with Gasteiger partial charge >= 0.3 is 0 Å². The molecule has 1 saturated carbocycles. The highest BCUT2D eigenvalue weighted by Crippen LogP contribution is 2.52. The van der Waals surface area contributed by atoms with Crippen LogP contribution in [-0.2, 0) is 25.9 Å². The summed E-state index contributed by atoms with van der Waals surface area (Å²) >= 11 is 12.2. The second-order valence-electron chi connectivity index (χ2n) is 10.8. The number of primary amides is 1. The van der Waals surface area contributed by atoms with E-state index in [1.807, 2.05) is 0 Å². The molecule has 0 unspecified atom stereocenters. The van der Waals surface area contributed by atoms with Gasteiger partial charge in [0.15, 0.2) is 0 Å². The zero-order valence-corrected chi connectivity index (χ0v) is 23.6. The molecule has 2 amide bonds. The molecule has 210 valence electrons. The number of rotatable bonds is 9. The molecule has 1 aliphatic carbocycles. The van der Waals surface area contributed by atoms with Crippen molar-refractivity contribution >= 4 is 35.0 Å². The van der Waals surface area contributed by atoms with Gasteiger partial charge in [0.2, 0.25) is 11.6 Å². The highest BCUT2D eigenvalue weighted by atomic mass is 35.5. The zero-order valence-electron chi connectivity index (χ0n) is 22.1. The van der Waals surface area contributed by atoms with Crippen molar-refractivity contribution < 1.29 is 28.9 Å². The Bertz CT molecular complexity index is 1470. The molecule has 40 heavy (non-hydrogen) atoms. The van der Waals surface area contributed by atoms with Crippen LogP contribution in [-0.4, -0.2) is 33.4 Å². The van der Waals surface area contributed by atoms with Gasteiger partial charge in [-0.05, 0) is 75.6 Å². The first-order valence-corrected chi connectivity index (χ1v) is 13.4. The quantitative estimate of drug-likeness (QED) is 0.256. The number of nitrogens with zero attached hydrogens (tertiary/aromatic N) is 2. The summed E-state index contributed by atoms with van der Waals surface area (Å²) in [6, 6.07) is 11.5. The number of aromatic nitrogens is 1. The van der Waals surface area contributed by atoms with Gasteiger partial charge in [0, 0.05) is 16.8 Å². The van der Waals surface area contributed by atoms with Gasteiger partial charge in [0.25, 0.3) is 5.91 Å². The van der Waals surface area contributed by atoms with E-state index in [1.54, 1.807) is 43.3 Å². The van der Waals surface area contributed by atoms with Gasteiger partial charge in [-0.15, -0.1) is 0 Å². The molecule has 3 aromatic rings. The number of carbonyl (C=O) groups is 2. The normalized spacial score (nSPS) is 20.4. The number of amides is 2. The molecule has 2 aromatic carbocycles. The number of aliphatic hydroxyl groups is 1. The summed E-state index contributed by atoms with van der Waals surface area (Å²) in [6.45, 7) is 4.52. The molecule has 8 nitrogen and oxygen atoms in total. The van der Waals surface area contributed by atoms with Crippen molar-refractivity contribution in [3.8, 4) is 0 Å². The number of pyridine rings is 1. The van der Waals surface area contributed by atoms with E-state index in [9.17, 15) is 14.7 Å². The van der Waals surface area contributed by atoms with Gasteiger partial charge < -0.3 is 10.8 Å². The third-order valence-electron chi connectivity index (χ3n) is 7.62. The maximum absolute atomic E-state index is 16.2. The lowest BCUT2D eigenvalue weighted by molar-refractivity contribution is -0.389. The first-order chi connectivity index (χ1) is 18.8. The van der Waals surface area contributed by atoms with Crippen molar-refractivity contribution in [2.45, 2.75) is 51.0 Å². The van der Waals surface area contributed by atoms with Crippen LogP contribution in [0.5, 0.6) is 0 Å². The first kappa shape index (κ1) is 28.4. The van der Waals surface area contributed by atoms with Crippen molar-refractivity contribution in [2.24, 2.45) is 11.1 Å². The monoisotopic (exact) mass is 587 g/mol. The molecule has 1 aliphatic heterocycles. The highest BCUT2D eigenvalue weighted by molar-refractivity contribution is 6.30. The van der Waals surface area contributed by atoms with E-state index in [-0.39, 0.29) is 23.3 Å². The molecule has 0 saturated heterocycles. The standard InChI is InChI=1S/C29H28Cl2FN3O5/c1-16(23-9-8-20(31)14-34-23)35-25(36)21-12-18(27(2,3)38)13-22(32)24(21)29(35,17-4-6-19(30)7-5-17)40-39-15-28(10-11-28)26(33)37/h4-9,12-14,16,38H,10-11,15H2,1-3H3,(H2,33,37)/t16-,29+/m0/s1. The lowest BCUT2D eigenvalue weighted by atomic mass is 9.88. The SMILES string of the molecule is C[C@@H](c1ccc(Cl)cn1)N1C(=O)c2cc(C(C)(C)O)cc(F)c2[C@]1(OOCC1(C(N)=O)CC1)c1ccc(Cl)cc1. The van der Waals surface area contributed by atoms with Crippen LogP contribution in [0.4, 0.5) is 4.39 Å². The summed E-state index contributed by atoms with van der Waals surface area (Å²) in [7, 11) is 0. The van der Waals surface area contributed by atoms with E-state index < -0.39 is 40.4 Å². The predicted octanol–water partition coefficient (Wildman–Crippen LogP) is 5.39. The number of benzene rings is 2. The topological polar surface area (TPSA) is 115 Å². The summed E-state index contributed by atoms with van der Waals surface area (Å²) in [6.07, 6.45) is 2.49. The minimum atomic E-state index is -1.96. The lowest BCUT2D eigenvalue weighted by Crippen LogP contribution is -2.49. The molecule has 0 spiro atoms. The Morgan fingerprint density at radius 2 is 1.82 bits per heavy atom. The number of halogens is 3. The maximum Gasteiger partial charge on any atom is 0.257 e. The fourth-order valence-corrected chi connectivity index (χ4v) is 5.25. The van der Waals surface area contributed by atoms with Gasteiger partial charge in [-0.25, -0.2) is 9.28 Å². The van der Waals surface area contributed by atoms with Crippen LogP contribution >= 0.6 is 23.2 Å². The van der Waals surface area contributed by atoms with Crippen molar-refractivity contribution in [1.82, 2.24) is 9.88 Å². The Labute approximate surface area is 240 Å². The molecule has 2 heterocycles. The lowest BCUT2D eigenvalue weighted by Gasteiger charge is -2.41. The Morgan fingerprint density at radius 3 is 2.38 bits per heavy atom. The summed E-state index contributed by atoms with van der Waals surface area (Å²) in [5.41, 5.74) is 2.13. The molecule has 2 aliphatic rings. The van der Waals surface area contributed by atoms with E-state index in [4.69, 9.17) is 38.7 Å². The molecule has 5 rings (SSSR count). The Morgan fingerprint density at radius 1 is 1.18 bits per heavy atom. The van der Waals surface area contributed by atoms with Crippen LogP contribution in [0.15, 0.2) is 54.7 Å². The van der Waals surface area contributed by atoms with Crippen LogP contribution in [0.25, 0.3) is 0 Å². The van der Waals surface area contributed by atoms with Crippen LogP contribution in [0, 0.1) is 11.2 Å². The summed E-state index contributed by atoms with van der Waals surface area (Å²) in [5, 5.41) is 11.5. The van der Waals surface area contributed by atoms with Crippen LogP contribution < -0.4 is 5.73 Å². The number of fused-ring (bicyclic) bond motifs is 1. The Kier molecular flexibility index (Phi) is 7.17. The fraction of sp³-hybridized carbons (Fsp3) is 0.345. The number of nitrogens with two attached hydrogens (primary N) is 1. The van der Waals surface area contributed by atoms with E-state index in [0.717, 1.165) is 0 Å². The molecule has 3 N–H and O–H groups in total. The van der Waals surface area contributed by atoms with E-state index >= 15 is 4.39 Å². The minimum absolute atomic E-state index is 0.0208. The predicted molar refractivity (Wildman–Crippen MR) is 146 cm³/mol. The molecule has 1 aromatic heterocycles. The maximum atomic E-state index is 16.2. The fourth-order valence-electron chi connectivity index (χ4n) is 5.01. The van der Waals surface area contributed by atoms with Gasteiger partial charge in [-0.2, -0.15) is 4.89 Å². The average molecular weight is 588 g/mol. The van der Waals surface area contributed by atoms with Gasteiger partial charge in [-0.3, -0.25) is 19.5 Å². The van der Waals surface area contributed by atoms with Gasteiger partial charge in [0.05, 0.1) is 45.5 Å². The number of hydrogen-bond donors (Lipinski definition) is 2. The van der Waals surface area contributed by atoms with Gasteiger partial charge in [-0.1, -0.05) is 35.3 Å². The second kappa shape index (κ2) is 10.1. The number of carbonyl (C=O) groups excluding carboxylic acids is 2. The van der Waals surface area contributed by atoms with Crippen molar-refractivity contribution in [3.05, 3.63) is 98.5 Å². The molecule has 11 heteroatoms. The molecular formula is C29H28Cl2FN3O5. The summed E-state index contributed by atoms with van der Waals surface area (Å²) in [5.74, 6) is -1.91. The van der Waals surface area contributed by atoms with Crippen LogP contribution in [0.2, 0.25) is 10.0 Å².